The van der Waals surface area contributed by atoms with Gasteiger partial charge in [-0.2, -0.15) is 0 Å². The maximum absolute atomic E-state index is 12.3. The van der Waals surface area contributed by atoms with Gasteiger partial charge in [0.25, 0.3) is 5.91 Å². The molecule has 5 heteroatoms. The van der Waals surface area contributed by atoms with Crippen LogP contribution in [0.5, 0.6) is 0 Å². The van der Waals surface area contributed by atoms with Gasteiger partial charge in [0.15, 0.2) is 0 Å². The van der Waals surface area contributed by atoms with E-state index in [-0.39, 0.29) is 5.91 Å². The van der Waals surface area contributed by atoms with E-state index >= 15 is 0 Å². The van der Waals surface area contributed by atoms with Crippen molar-refractivity contribution in [3.8, 4) is 0 Å². The summed E-state index contributed by atoms with van der Waals surface area (Å²) in [5, 5.41) is 2.52. The van der Waals surface area contributed by atoms with Crippen LogP contribution in [0.2, 0.25) is 0 Å². The number of hydrogen-bond donors (Lipinski definition) is 2. The van der Waals surface area contributed by atoms with Crippen LogP contribution in [0.15, 0.2) is 12.5 Å². The molecule has 1 heterocycles. The summed E-state index contributed by atoms with van der Waals surface area (Å²) in [6, 6.07) is 0. The number of carbonyl (C=O) groups is 1. The fourth-order valence-electron chi connectivity index (χ4n) is 0.788. The van der Waals surface area contributed by atoms with Crippen LogP contribution in [0.1, 0.15) is 24.3 Å². The number of nitrogens with zero attached hydrogens (tertiary/aromatic N) is 1. The first-order valence-electron chi connectivity index (χ1n) is 3.92. The van der Waals surface area contributed by atoms with Crippen LogP contribution in [0, 0.1) is 0 Å². The largest absolute Gasteiger partial charge is 0.343 e. The Bertz CT molecular complexity index is 282. The first-order valence-corrected chi connectivity index (χ1v) is 3.92. The second kappa shape index (κ2) is 3.55. The predicted octanol–water partition coefficient (Wildman–Crippen LogP) is 0.888. The monoisotopic (exact) mass is 185 g/mol. The van der Waals surface area contributed by atoms with E-state index in [2.05, 4.69) is 15.3 Å². The fraction of sp³-hybridized carbons (Fsp3) is 0.500. The number of carbonyl (C=O) groups excluding carboxylic acids is 1. The van der Waals surface area contributed by atoms with Crippen LogP contribution >= 0.6 is 0 Å². The predicted molar refractivity (Wildman–Crippen MR) is 46.1 cm³/mol. The van der Waals surface area contributed by atoms with E-state index in [4.69, 9.17) is 0 Å². The Hall–Kier alpha value is -1.39. The number of H-pyrrole nitrogens is 1. The molecular weight excluding hydrogens is 173 g/mol. The lowest BCUT2D eigenvalue weighted by Crippen LogP contribution is -2.45. The molecule has 0 unspecified atom stereocenters. The number of aromatic amines is 1. The highest BCUT2D eigenvalue weighted by Gasteiger charge is 2.21. The van der Waals surface area contributed by atoms with Gasteiger partial charge in [-0.3, -0.25) is 4.79 Å². The van der Waals surface area contributed by atoms with E-state index in [1.165, 1.54) is 12.5 Å². The molecule has 1 rings (SSSR count). The molecule has 13 heavy (non-hydrogen) atoms. The molecule has 1 aromatic heterocycles. The maximum Gasteiger partial charge on any atom is 0.269 e. The summed E-state index contributed by atoms with van der Waals surface area (Å²) in [4.78, 5) is 17.7. The number of hydrogen-bond acceptors (Lipinski definition) is 2. The number of aromatic nitrogens is 2. The van der Waals surface area contributed by atoms with Gasteiger partial charge in [-0.25, -0.2) is 9.37 Å². The molecule has 0 fully saturated rings. The molecule has 0 aliphatic rings. The van der Waals surface area contributed by atoms with Crippen molar-refractivity contribution in [1.82, 2.24) is 15.3 Å². The normalized spacial score (nSPS) is 11.3. The van der Waals surface area contributed by atoms with Crippen molar-refractivity contribution in [3.05, 3.63) is 18.2 Å². The zero-order chi connectivity index (χ0) is 9.90. The summed E-state index contributed by atoms with van der Waals surface area (Å²) in [6.45, 7) is 2.62. The average molecular weight is 185 g/mol. The van der Waals surface area contributed by atoms with Gasteiger partial charge in [0.1, 0.15) is 12.4 Å². The second-order valence-electron chi connectivity index (χ2n) is 3.44. The highest BCUT2D eigenvalue weighted by molar-refractivity contribution is 5.92. The SMILES string of the molecule is CC(C)(CF)NC(=O)c1cnc[nH]1. The molecule has 1 amide bonds. The smallest absolute Gasteiger partial charge is 0.269 e. The third-order valence-corrected chi connectivity index (χ3v) is 1.53. The van der Waals surface area contributed by atoms with Crippen LogP contribution in [-0.4, -0.2) is 28.1 Å². The Balaban J connectivity index is 2.61. The molecule has 72 valence electrons. The van der Waals surface area contributed by atoms with E-state index in [0.717, 1.165) is 0 Å². The van der Waals surface area contributed by atoms with Gasteiger partial charge in [-0.1, -0.05) is 0 Å². The van der Waals surface area contributed by atoms with E-state index in [9.17, 15) is 9.18 Å². The topological polar surface area (TPSA) is 57.8 Å². The van der Waals surface area contributed by atoms with E-state index in [0.29, 0.717) is 5.69 Å². The van der Waals surface area contributed by atoms with Crippen molar-refractivity contribution in [2.45, 2.75) is 19.4 Å². The Morgan fingerprint density at radius 1 is 1.77 bits per heavy atom. The van der Waals surface area contributed by atoms with Gasteiger partial charge in [-0.15, -0.1) is 0 Å². The first kappa shape index (κ1) is 9.70. The minimum Gasteiger partial charge on any atom is -0.343 e. The summed E-state index contributed by atoms with van der Waals surface area (Å²) in [6.07, 6.45) is 2.79. The van der Waals surface area contributed by atoms with Gasteiger partial charge in [0, 0.05) is 0 Å². The number of halogens is 1. The maximum atomic E-state index is 12.3. The van der Waals surface area contributed by atoms with Crippen molar-refractivity contribution in [3.63, 3.8) is 0 Å². The first-order chi connectivity index (χ1) is 6.05. The molecular formula is C8H12FN3O. The third-order valence-electron chi connectivity index (χ3n) is 1.53. The number of alkyl halides is 1. The van der Waals surface area contributed by atoms with E-state index < -0.39 is 12.2 Å². The molecule has 0 saturated heterocycles. The highest BCUT2D eigenvalue weighted by Crippen LogP contribution is 2.04. The van der Waals surface area contributed by atoms with Crippen LogP contribution < -0.4 is 5.32 Å². The lowest BCUT2D eigenvalue weighted by molar-refractivity contribution is 0.0895. The van der Waals surface area contributed by atoms with Crippen molar-refractivity contribution < 1.29 is 9.18 Å². The second-order valence-corrected chi connectivity index (χ2v) is 3.44. The van der Waals surface area contributed by atoms with Crippen molar-refractivity contribution >= 4 is 5.91 Å². The Kier molecular flexibility index (Phi) is 2.65. The summed E-state index contributed by atoms with van der Waals surface area (Å²) in [7, 11) is 0. The molecule has 0 aromatic carbocycles. The number of imidazole rings is 1. The lowest BCUT2D eigenvalue weighted by atomic mass is 10.1. The lowest BCUT2D eigenvalue weighted by Gasteiger charge is -2.21. The van der Waals surface area contributed by atoms with E-state index in [1.807, 2.05) is 0 Å². The summed E-state index contributed by atoms with van der Waals surface area (Å²) in [5.41, 5.74) is -0.496. The minimum atomic E-state index is -0.831. The van der Waals surface area contributed by atoms with Gasteiger partial charge in [-0.05, 0) is 13.8 Å². The summed E-state index contributed by atoms with van der Waals surface area (Å²) >= 11 is 0. The zero-order valence-corrected chi connectivity index (χ0v) is 7.60. The Morgan fingerprint density at radius 3 is 2.92 bits per heavy atom. The summed E-state index contributed by atoms with van der Waals surface area (Å²) < 4.78 is 12.3. The van der Waals surface area contributed by atoms with Crippen LogP contribution in [0.3, 0.4) is 0 Å². The molecule has 2 N–H and O–H groups in total. The molecule has 0 bridgehead atoms. The molecule has 0 aliphatic carbocycles. The van der Waals surface area contributed by atoms with E-state index in [1.54, 1.807) is 13.8 Å². The minimum absolute atomic E-state index is 0.335. The number of nitrogens with one attached hydrogen (secondary N) is 2. The zero-order valence-electron chi connectivity index (χ0n) is 7.60. The average Bonchev–Trinajstić information content (AvgIpc) is 2.55. The van der Waals surface area contributed by atoms with Gasteiger partial charge < -0.3 is 10.3 Å². The van der Waals surface area contributed by atoms with Crippen LogP contribution in [-0.2, 0) is 0 Å². The quantitative estimate of drug-likeness (QED) is 0.734. The van der Waals surface area contributed by atoms with Crippen LogP contribution in [0.4, 0.5) is 4.39 Å². The van der Waals surface area contributed by atoms with Gasteiger partial charge in [0.2, 0.25) is 0 Å². The Morgan fingerprint density at radius 2 is 2.46 bits per heavy atom. The summed E-state index contributed by atoms with van der Waals surface area (Å²) in [5.74, 6) is -0.347. The Labute approximate surface area is 75.6 Å². The fourth-order valence-corrected chi connectivity index (χ4v) is 0.788. The molecule has 4 nitrogen and oxygen atoms in total. The molecule has 1 aromatic rings. The number of amides is 1. The van der Waals surface area contributed by atoms with Gasteiger partial charge >= 0.3 is 0 Å². The van der Waals surface area contributed by atoms with Crippen molar-refractivity contribution in [2.24, 2.45) is 0 Å². The van der Waals surface area contributed by atoms with Crippen molar-refractivity contribution in [2.75, 3.05) is 6.67 Å². The standard InChI is InChI=1S/C8H12FN3O/c1-8(2,4-9)12-7(13)6-3-10-5-11-6/h3,5H,4H2,1-2H3,(H,10,11)(H,12,13). The van der Waals surface area contributed by atoms with Crippen LogP contribution in [0.25, 0.3) is 0 Å². The number of rotatable bonds is 3. The van der Waals surface area contributed by atoms with Gasteiger partial charge in [0.05, 0.1) is 18.1 Å². The molecule has 0 atom stereocenters. The molecule has 0 radical (unpaired) electrons. The van der Waals surface area contributed by atoms with Crippen molar-refractivity contribution in [1.29, 1.82) is 0 Å². The highest BCUT2D eigenvalue weighted by atomic mass is 19.1. The molecule has 0 saturated carbocycles. The molecule has 0 spiro atoms. The third kappa shape index (κ3) is 2.54. The molecule has 0 aliphatic heterocycles.